The number of amides is 1. The summed E-state index contributed by atoms with van der Waals surface area (Å²) in [5, 5.41) is 4.27. The van der Waals surface area contributed by atoms with Gasteiger partial charge in [-0.3, -0.25) is 4.79 Å². The van der Waals surface area contributed by atoms with E-state index >= 15 is 0 Å². The molecule has 0 spiro atoms. The van der Waals surface area contributed by atoms with Gasteiger partial charge >= 0.3 is 0 Å². The number of aromatic nitrogens is 1. The summed E-state index contributed by atoms with van der Waals surface area (Å²) in [6.07, 6.45) is 5.04. The molecule has 23 heavy (non-hydrogen) atoms. The summed E-state index contributed by atoms with van der Waals surface area (Å²) in [7, 11) is 0. The zero-order chi connectivity index (χ0) is 15.4. The molecule has 1 aliphatic carbocycles. The molecule has 1 aromatic carbocycles. The summed E-state index contributed by atoms with van der Waals surface area (Å²) in [4.78, 5) is 15.2. The van der Waals surface area contributed by atoms with Crippen LogP contribution in [0, 0.1) is 5.92 Å². The Kier molecular flexibility index (Phi) is 3.20. The summed E-state index contributed by atoms with van der Waals surface area (Å²) in [5.41, 5.74) is 2.02. The molecule has 5 heteroatoms. The Morgan fingerprint density at radius 2 is 2.04 bits per heavy atom. The minimum absolute atomic E-state index is 0.00849. The zero-order valence-electron chi connectivity index (χ0n) is 13.1. The average molecular weight is 327 g/mol. The van der Waals surface area contributed by atoms with E-state index in [-0.39, 0.29) is 5.91 Å². The highest BCUT2D eigenvalue weighted by atomic mass is 32.1. The van der Waals surface area contributed by atoms with Crippen molar-refractivity contribution < 1.29 is 4.79 Å². The first kappa shape index (κ1) is 13.9. The van der Waals surface area contributed by atoms with Crippen LogP contribution in [0.2, 0.25) is 0 Å². The highest BCUT2D eigenvalue weighted by Crippen LogP contribution is 2.41. The molecule has 2 aromatic rings. The van der Waals surface area contributed by atoms with Crippen molar-refractivity contribution in [2.24, 2.45) is 5.92 Å². The minimum Gasteiger partial charge on any atom is -0.346 e. The molecule has 1 saturated carbocycles. The first-order valence-corrected chi connectivity index (χ1v) is 9.48. The second-order valence-electron chi connectivity index (χ2n) is 7.28. The third kappa shape index (κ3) is 2.46. The molecule has 1 unspecified atom stereocenters. The topological polar surface area (TPSA) is 45.2 Å². The molecule has 3 saturated heterocycles. The first-order chi connectivity index (χ1) is 11.3. The van der Waals surface area contributed by atoms with E-state index in [0.29, 0.717) is 17.7 Å². The second kappa shape index (κ2) is 5.28. The van der Waals surface area contributed by atoms with Gasteiger partial charge in [-0.15, -0.1) is 0 Å². The smallest absolute Gasteiger partial charge is 0.271 e. The van der Waals surface area contributed by atoms with Crippen LogP contribution in [0.25, 0.3) is 10.1 Å². The molecule has 2 bridgehead atoms. The molecule has 1 atom stereocenters. The average Bonchev–Trinajstić information content (AvgIpc) is 3.35. The predicted molar refractivity (Wildman–Crippen MR) is 92.0 cm³/mol. The molecule has 6 rings (SSSR count). The number of hydrogen-bond acceptors (Lipinski definition) is 4. The lowest BCUT2D eigenvalue weighted by molar-refractivity contribution is 0.0619. The van der Waals surface area contributed by atoms with E-state index in [1.165, 1.54) is 55.9 Å². The molecule has 3 aliphatic heterocycles. The van der Waals surface area contributed by atoms with Crippen molar-refractivity contribution in [2.75, 3.05) is 19.6 Å². The maximum atomic E-state index is 12.7. The lowest BCUT2D eigenvalue weighted by atomic mass is 9.84. The van der Waals surface area contributed by atoms with Crippen molar-refractivity contribution in [1.29, 1.82) is 0 Å². The van der Waals surface area contributed by atoms with Crippen LogP contribution in [0.3, 0.4) is 0 Å². The van der Waals surface area contributed by atoms with Gasteiger partial charge in [-0.2, -0.15) is 4.37 Å². The maximum Gasteiger partial charge on any atom is 0.271 e. The summed E-state index contributed by atoms with van der Waals surface area (Å²) < 4.78 is 5.61. The molecule has 1 N–H and O–H groups in total. The molecule has 4 aliphatic rings. The van der Waals surface area contributed by atoms with Crippen LogP contribution in [0.5, 0.6) is 0 Å². The summed E-state index contributed by atoms with van der Waals surface area (Å²) in [5.74, 6) is 1.40. The minimum atomic E-state index is 0.00849. The van der Waals surface area contributed by atoms with Gasteiger partial charge in [0.25, 0.3) is 5.91 Å². The van der Waals surface area contributed by atoms with Crippen LogP contribution in [-0.2, 0) is 0 Å². The number of benzene rings is 1. The lowest BCUT2D eigenvalue weighted by Gasteiger charge is -2.44. The van der Waals surface area contributed by atoms with Crippen molar-refractivity contribution in [3.8, 4) is 0 Å². The van der Waals surface area contributed by atoms with Gasteiger partial charge in [-0.1, -0.05) is 12.1 Å². The van der Waals surface area contributed by atoms with Gasteiger partial charge < -0.3 is 10.2 Å². The van der Waals surface area contributed by atoms with Gasteiger partial charge in [0.05, 0.1) is 4.70 Å². The summed E-state index contributed by atoms with van der Waals surface area (Å²) in [6.45, 7) is 3.39. The van der Waals surface area contributed by atoms with Crippen LogP contribution >= 0.6 is 11.5 Å². The molecule has 0 radical (unpaired) electrons. The molecular weight excluding hydrogens is 306 g/mol. The Hall–Kier alpha value is -1.46. The molecule has 4 fully saturated rings. The summed E-state index contributed by atoms with van der Waals surface area (Å²) in [6, 6.07) is 6.81. The number of carbonyl (C=O) groups is 1. The normalized spacial score (nSPS) is 29.8. The predicted octanol–water partition coefficient (Wildman–Crippen LogP) is 3.00. The zero-order valence-corrected chi connectivity index (χ0v) is 13.9. The standard InChI is InChI=1S/C18H21N3OS/c22-18(19-15-10-21-7-5-12(15)6-8-21)17-14-4-3-13(11-1-2-11)9-16(14)23-20-17/h3-4,9,11-12,15H,1-2,5-8,10H2,(H,19,22). The van der Waals surface area contributed by atoms with Crippen LogP contribution in [-0.4, -0.2) is 40.9 Å². The van der Waals surface area contributed by atoms with Gasteiger partial charge in [0, 0.05) is 18.0 Å². The van der Waals surface area contributed by atoms with E-state index in [2.05, 4.69) is 32.8 Å². The van der Waals surface area contributed by atoms with Crippen molar-refractivity contribution >= 4 is 27.5 Å². The van der Waals surface area contributed by atoms with Gasteiger partial charge in [0.1, 0.15) is 5.69 Å². The van der Waals surface area contributed by atoms with Crippen LogP contribution in [0.1, 0.15) is 47.7 Å². The van der Waals surface area contributed by atoms with E-state index in [1.807, 2.05) is 0 Å². The number of piperidine rings is 3. The first-order valence-electron chi connectivity index (χ1n) is 8.70. The van der Waals surface area contributed by atoms with Crippen molar-refractivity contribution in [3.63, 3.8) is 0 Å². The Morgan fingerprint density at radius 3 is 2.74 bits per heavy atom. The fourth-order valence-electron chi connectivity index (χ4n) is 4.15. The fourth-order valence-corrected chi connectivity index (χ4v) is 4.98. The number of fused-ring (bicyclic) bond motifs is 4. The van der Waals surface area contributed by atoms with Crippen molar-refractivity contribution in [1.82, 2.24) is 14.6 Å². The van der Waals surface area contributed by atoms with Gasteiger partial charge in [0.2, 0.25) is 0 Å². The van der Waals surface area contributed by atoms with E-state index in [4.69, 9.17) is 0 Å². The van der Waals surface area contributed by atoms with Crippen LogP contribution < -0.4 is 5.32 Å². The largest absolute Gasteiger partial charge is 0.346 e. The lowest BCUT2D eigenvalue weighted by Crippen LogP contribution is -2.57. The molecule has 120 valence electrons. The van der Waals surface area contributed by atoms with E-state index in [9.17, 15) is 4.79 Å². The van der Waals surface area contributed by atoms with Gasteiger partial charge in [-0.25, -0.2) is 0 Å². The maximum absolute atomic E-state index is 12.7. The van der Waals surface area contributed by atoms with Crippen molar-refractivity contribution in [2.45, 2.75) is 37.6 Å². The Balaban J connectivity index is 1.38. The Bertz CT molecular complexity index is 759. The highest BCUT2D eigenvalue weighted by Gasteiger charge is 2.35. The molecule has 1 aromatic heterocycles. The van der Waals surface area contributed by atoms with E-state index in [1.54, 1.807) is 0 Å². The number of hydrogen-bond donors (Lipinski definition) is 1. The number of nitrogens with one attached hydrogen (secondary N) is 1. The monoisotopic (exact) mass is 327 g/mol. The van der Waals surface area contributed by atoms with Gasteiger partial charge in [-0.05, 0) is 73.8 Å². The van der Waals surface area contributed by atoms with Crippen molar-refractivity contribution in [3.05, 3.63) is 29.5 Å². The molecular formula is C18H21N3OS. The Labute approximate surface area is 140 Å². The molecule has 4 heterocycles. The third-order valence-corrected chi connectivity index (χ3v) is 6.54. The quantitative estimate of drug-likeness (QED) is 0.942. The molecule has 4 nitrogen and oxygen atoms in total. The van der Waals surface area contributed by atoms with Crippen LogP contribution in [0.4, 0.5) is 0 Å². The van der Waals surface area contributed by atoms with Crippen LogP contribution in [0.15, 0.2) is 18.2 Å². The SMILES string of the molecule is O=C(NC1CN2CCC1CC2)c1nsc2cc(C3CC3)ccc12. The summed E-state index contributed by atoms with van der Waals surface area (Å²) >= 11 is 1.46. The fraction of sp³-hybridized carbons (Fsp3) is 0.556. The third-order valence-electron chi connectivity index (χ3n) is 5.73. The van der Waals surface area contributed by atoms with E-state index < -0.39 is 0 Å². The number of rotatable bonds is 3. The number of nitrogens with zero attached hydrogens (tertiary/aromatic N) is 2. The van der Waals surface area contributed by atoms with Gasteiger partial charge in [0.15, 0.2) is 0 Å². The van der Waals surface area contributed by atoms with E-state index in [0.717, 1.165) is 22.5 Å². The highest BCUT2D eigenvalue weighted by molar-refractivity contribution is 7.13. The number of carbonyl (C=O) groups excluding carboxylic acids is 1. The second-order valence-corrected chi connectivity index (χ2v) is 8.08. The molecule has 1 amide bonds. The Morgan fingerprint density at radius 1 is 1.22 bits per heavy atom.